The van der Waals surface area contributed by atoms with Gasteiger partial charge in [0.25, 0.3) is 5.91 Å². The van der Waals surface area contributed by atoms with E-state index in [9.17, 15) is 4.79 Å². The van der Waals surface area contributed by atoms with Crippen molar-refractivity contribution in [2.45, 2.75) is 12.1 Å². The highest BCUT2D eigenvalue weighted by Gasteiger charge is 2.29. The second-order valence-electron chi connectivity index (χ2n) is 4.78. The number of methoxy groups -OCH3 is 1. The van der Waals surface area contributed by atoms with Gasteiger partial charge in [0, 0.05) is 25.6 Å². The molecule has 1 aliphatic rings. The molecule has 3 rings (SSSR count). The first kappa shape index (κ1) is 13.6. The molecule has 2 heterocycles. The molecule has 6 heteroatoms. The molecule has 5 nitrogen and oxygen atoms in total. The Morgan fingerprint density at radius 2 is 2.35 bits per heavy atom. The summed E-state index contributed by atoms with van der Waals surface area (Å²) >= 11 is 3.41. The van der Waals surface area contributed by atoms with E-state index >= 15 is 0 Å². The number of hydrogen-bond donors (Lipinski definition) is 2. The number of hydrogen-bond acceptors (Lipinski definition) is 4. The molecule has 1 unspecified atom stereocenters. The van der Waals surface area contributed by atoms with E-state index in [0.717, 1.165) is 16.4 Å². The molecule has 1 saturated heterocycles. The van der Waals surface area contributed by atoms with E-state index in [-0.39, 0.29) is 18.1 Å². The second kappa shape index (κ2) is 5.55. The van der Waals surface area contributed by atoms with Crippen LogP contribution in [-0.2, 0) is 4.74 Å². The lowest BCUT2D eigenvalue weighted by molar-refractivity contribution is 0.0762. The van der Waals surface area contributed by atoms with E-state index in [1.165, 1.54) is 0 Å². The van der Waals surface area contributed by atoms with Crippen molar-refractivity contribution in [1.82, 2.24) is 10.6 Å². The lowest BCUT2D eigenvalue weighted by Crippen LogP contribution is -2.43. The van der Waals surface area contributed by atoms with E-state index in [1.54, 1.807) is 13.2 Å². The van der Waals surface area contributed by atoms with Crippen molar-refractivity contribution in [3.05, 3.63) is 34.5 Å². The molecule has 0 spiro atoms. The number of nitrogens with one attached hydrogen (secondary N) is 2. The van der Waals surface area contributed by atoms with E-state index in [1.807, 2.05) is 18.2 Å². The summed E-state index contributed by atoms with van der Waals surface area (Å²) in [6, 6.07) is 7.42. The molecular weight excluding hydrogens is 324 g/mol. The first-order valence-corrected chi connectivity index (χ1v) is 7.21. The minimum atomic E-state index is -0.219. The molecule has 0 aliphatic carbocycles. The van der Waals surface area contributed by atoms with Gasteiger partial charge in [0.1, 0.15) is 5.58 Å². The topological polar surface area (TPSA) is 63.5 Å². The van der Waals surface area contributed by atoms with Crippen LogP contribution in [0.3, 0.4) is 0 Å². The van der Waals surface area contributed by atoms with E-state index in [2.05, 4.69) is 26.6 Å². The third-order valence-corrected chi connectivity index (χ3v) is 4.12. The molecule has 1 aromatic heterocycles. The summed E-state index contributed by atoms with van der Waals surface area (Å²) in [7, 11) is 1.65. The molecule has 0 saturated carbocycles. The van der Waals surface area contributed by atoms with Crippen LogP contribution in [0.15, 0.2) is 33.2 Å². The summed E-state index contributed by atoms with van der Waals surface area (Å²) in [6.45, 7) is 1.45. The number of fused-ring (bicyclic) bond motifs is 1. The average molecular weight is 339 g/mol. The zero-order chi connectivity index (χ0) is 14.1. The van der Waals surface area contributed by atoms with E-state index < -0.39 is 0 Å². The Kier molecular flexibility index (Phi) is 3.78. The lowest BCUT2D eigenvalue weighted by atomic mass is 10.2. The fraction of sp³-hybridized carbons (Fsp3) is 0.357. The summed E-state index contributed by atoms with van der Waals surface area (Å²) in [5.41, 5.74) is 0.686. The molecule has 1 aliphatic heterocycles. The van der Waals surface area contributed by atoms with Crippen LogP contribution in [0.4, 0.5) is 0 Å². The fourth-order valence-corrected chi connectivity index (χ4v) is 2.89. The number of halogens is 1. The second-order valence-corrected chi connectivity index (χ2v) is 5.64. The number of amides is 1. The van der Waals surface area contributed by atoms with Crippen LogP contribution in [-0.4, -0.2) is 38.3 Å². The van der Waals surface area contributed by atoms with Gasteiger partial charge < -0.3 is 19.8 Å². The Morgan fingerprint density at radius 3 is 3.10 bits per heavy atom. The highest BCUT2D eigenvalue weighted by atomic mass is 79.9. The summed E-state index contributed by atoms with van der Waals surface area (Å²) in [5, 5.41) is 7.03. The van der Waals surface area contributed by atoms with Gasteiger partial charge in [-0.05, 0) is 28.1 Å². The highest BCUT2D eigenvalue weighted by Crippen LogP contribution is 2.27. The van der Waals surface area contributed by atoms with Crippen LogP contribution in [0.25, 0.3) is 11.0 Å². The third kappa shape index (κ3) is 2.46. The predicted molar refractivity (Wildman–Crippen MR) is 78.8 cm³/mol. The Bertz CT molecular complexity index is 640. The summed E-state index contributed by atoms with van der Waals surface area (Å²) in [6.07, 6.45) is -0.00457. The molecule has 1 aromatic carbocycles. The van der Waals surface area contributed by atoms with Gasteiger partial charge in [-0.2, -0.15) is 0 Å². The Hall–Kier alpha value is -1.37. The number of furan rings is 1. The molecular formula is C14H15BrN2O3. The summed E-state index contributed by atoms with van der Waals surface area (Å²) in [5.74, 6) is 0.0949. The number of carbonyl (C=O) groups is 1. The molecule has 0 radical (unpaired) electrons. The van der Waals surface area contributed by atoms with Gasteiger partial charge in [-0.15, -0.1) is 0 Å². The number of carbonyl (C=O) groups excluding carboxylic acids is 1. The SMILES string of the molecule is CO[C@H]1CNCC1NC(=O)c1cc2cccc(Br)c2o1. The molecule has 2 atom stereocenters. The molecule has 1 amide bonds. The zero-order valence-corrected chi connectivity index (χ0v) is 12.6. The Labute approximate surface area is 124 Å². The smallest absolute Gasteiger partial charge is 0.287 e. The Balaban J connectivity index is 1.80. The lowest BCUT2D eigenvalue weighted by Gasteiger charge is -2.17. The minimum Gasteiger partial charge on any atom is -0.450 e. The Morgan fingerprint density at radius 1 is 1.50 bits per heavy atom. The van der Waals surface area contributed by atoms with E-state index in [0.29, 0.717) is 17.9 Å². The van der Waals surface area contributed by atoms with Gasteiger partial charge in [-0.1, -0.05) is 12.1 Å². The molecule has 106 valence electrons. The molecule has 2 aromatic rings. The quantitative estimate of drug-likeness (QED) is 0.897. The van der Waals surface area contributed by atoms with Gasteiger partial charge in [0.05, 0.1) is 16.6 Å². The van der Waals surface area contributed by atoms with Crippen LogP contribution in [0.2, 0.25) is 0 Å². The maximum atomic E-state index is 12.2. The summed E-state index contributed by atoms with van der Waals surface area (Å²) < 4.78 is 11.8. The van der Waals surface area contributed by atoms with Gasteiger partial charge in [0.2, 0.25) is 0 Å². The maximum Gasteiger partial charge on any atom is 0.287 e. The monoisotopic (exact) mass is 338 g/mol. The minimum absolute atomic E-state index is 0.00457. The van der Waals surface area contributed by atoms with Crippen molar-refractivity contribution in [3.63, 3.8) is 0 Å². The van der Waals surface area contributed by atoms with E-state index in [4.69, 9.17) is 9.15 Å². The van der Waals surface area contributed by atoms with Gasteiger partial charge >= 0.3 is 0 Å². The van der Waals surface area contributed by atoms with Crippen molar-refractivity contribution in [2.24, 2.45) is 0 Å². The standard InChI is InChI=1S/C14H15BrN2O3/c1-19-12-7-16-6-10(12)17-14(18)11-5-8-3-2-4-9(15)13(8)20-11/h2-5,10,12,16H,6-7H2,1H3,(H,17,18)/t10?,12-/m0/s1. The average Bonchev–Trinajstić information content (AvgIpc) is 3.05. The zero-order valence-electron chi connectivity index (χ0n) is 11.0. The normalized spacial score (nSPS) is 22.3. The highest BCUT2D eigenvalue weighted by molar-refractivity contribution is 9.10. The van der Waals surface area contributed by atoms with Crippen molar-refractivity contribution >= 4 is 32.8 Å². The van der Waals surface area contributed by atoms with Crippen molar-refractivity contribution in [2.75, 3.05) is 20.2 Å². The number of rotatable bonds is 3. The van der Waals surface area contributed by atoms with Gasteiger partial charge in [-0.3, -0.25) is 4.79 Å². The predicted octanol–water partition coefficient (Wildman–Crippen LogP) is 1.91. The first-order chi connectivity index (χ1) is 9.69. The maximum absolute atomic E-state index is 12.2. The third-order valence-electron chi connectivity index (χ3n) is 3.50. The van der Waals surface area contributed by atoms with Crippen LogP contribution >= 0.6 is 15.9 Å². The van der Waals surface area contributed by atoms with Crippen molar-refractivity contribution in [3.8, 4) is 0 Å². The first-order valence-electron chi connectivity index (χ1n) is 6.41. The van der Waals surface area contributed by atoms with Crippen molar-refractivity contribution < 1.29 is 13.9 Å². The van der Waals surface area contributed by atoms with Crippen LogP contribution < -0.4 is 10.6 Å². The van der Waals surface area contributed by atoms with Crippen molar-refractivity contribution in [1.29, 1.82) is 0 Å². The number of para-hydroxylation sites is 1. The molecule has 20 heavy (non-hydrogen) atoms. The fourth-order valence-electron chi connectivity index (χ4n) is 2.43. The van der Waals surface area contributed by atoms with Crippen LogP contribution in [0.5, 0.6) is 0 Å². The van der Waals surface area contributed by atoms with Crippen LogP contribution in [0, 0.1) is 0 Å². The van der Waals surface area contributed by atoms with Gasteiger partial charge in [0.15, 0.2) is 5.76 Å². The largest absolute Gasteiger partial charge is 0.450 e. The number of benzene rings is 1. The summed E-state index contributed by atoms with van der Waals surface area (Å²) in [4.78, 5) is 12.2. The molecule has 1 fully saturated rings. The number of ether oxygens (including phenoxy) is 1. The molecule has 0 bridgehead atoms. The van der Waals surface area contributed by atoms with Crippen LogP contribution in [0.1, 0.15) is 10.6 Å². The van der Waals surface area contributed by atoms with Gasteiger partial charge in [-0.25, -0.2) is 0 Å². The molecule has 2 N–H and O–H groups in total.